The highest BCUT2D eigenvalue weighted by atomic mass is 16.5. The van der Waals surface area contributed by atoms with E-state index in [0.29, 0.717) is 24.6 Å². The lowest BCUT2D eigenvalue weighted by Crippen LogP contribution is -2.42. The Balaban J connectivity index is 1.87. The fourth-order valence-electron chi connectivity index (χ4n) is 4.13. The lowest BCUT2D eigenvalue weighted by molar-refractivity contribution is -0.122. The van der Waals surface area contributed by atoms with Gasteiger partial charge in [-0.3, -0.25) is 9.69 Å². The average Bonchev–Trinajstić information content (AvgIpc) is 2.77. The molecule has 1 aliphatic rings. The first-order chi connectivity index (χ1) is 14.9. The molecular weight excluding hydrogens is 392 g/mol. The first-order valence-electron chi connectivity index (χ1n) is 10.8. The molecular formula is C25H34N2O4. The number of benzene rings is 2. The molecule has 3 rings (SSSR count). The number of amides is 1. The maximum atomic E-state index is 12.4. The molecule has 1 atom stereocenters. The number of carbonyl (C=O) groups excluding carboxylic acids is 1. The number of carbonyl (C=O) groups is 1. The van der Waals surface area contributed by atoms with Crippen molar-refractivity contribution in [1.82, 2.24) is 10.2 Å². The second-order valence-electron chi connectivity index (χ2n) is 8.39. The lowest BCUT2D eigenvalue weighted by Gasteiger charge is -2.38. The van der Waals surface area contributed by atoms with Gasteiger partial charge in [0.15, 0.2) is 11.5 Å². The van der Waals surface area contributed by atoms with E-state index < -0.39 is 0 Å². The van der Waals surface area contributed by atoms with Crippen molar-refractivity contribution in [2.45, 2.75) is 39.3 Å². The van der Waals surface area contributed by atoms with E-state index >= 15 is 0 Å². The van der Waals surface area contributed by atoms with Gasteiger partial charge in [-0.05, 0) is 53.3 Å². The number of nitrogens with one attached hydrogen (secondary N) is 1. The fourth-order valence-corrected chi connectivity index (χ4v) is 4.13. The molecule has 2 aromatic carbocycles. The maximum absolute atomic E-state index is 12.4. The van der Waals surface area contributed by atoms with E-state index in [9.17, 15) is 4.79 Å². The van der Waals surface area contributed by atoms with Crippen molar-refractivity contribution in [2.75, 3.05) is 34.4 Å². The topological polar surface area (TPSA) is 60.0 Å². The first-order valence-corrected chi connectivity index (χ1v) is 10.8. The summed E-state index contributed by atoms with van der Waals surface area (Å²) in [4.78, 5) is 14.8. The van der Waals surface area contributed by atoms with Crippen LogP contribution in [0.2, 0.25) is 0 Å². The minimum absolute atomic E-state index is 0.0572. The second kappa shape index (κ2) is 10.5. The minimum Gasteiger partial charge on any atom is -0.497 e. The molecule has 0 bridgehead atoms. The van der Waals surface area contributed by atoms with Gasteiger partial charge in [0.2, 0.25) is 5.91 Å². The van der Waals surface area contributed by atoms with Gasteiger partial charge in [0.05, 0.1) is 27.4 Å². The summed E-state index contributed by atoms with van der Waals surface area (Å²) in [5, 5.41) is 3.15. The summed E-state index contributed by atoms with van der Waals surface area (Å²) in [7, 11) is 4.99. The summed E-state index contributed by atoms with van der Waals surface area (Å²) >= 11 is 0. The lowest BCUT2D eigenvalue weighted by atomic mass is 9.91. The molecule has 0 spiro atoms. The van der Waals surface area contributed by atoms with Crippen LogP contribution in [-0.2, 0) is 17.8 Å². The fraction of sp³-hybridized carbons (Fsp3) is 0.480. The number of methoxy groups -OCH3 is 3. The van der Waals surface area contributed by atoms with Crippen LogP contribution in [0.25, 0.3) is 0 Å². The Morgan fingerprint density at radius 3 is 2.35 bits per heavy atom. The number of hydrogen-bond acceptors (Lipinski definition) is 5. The van der Waals surface area contributed by atoms with E-state index in [0.717, 1.165) is 31.0 Å². The highest BCUT2D eigenvalue weighted by molar-refractivity contribution is 5.76. The van der Waals surface area contributed by atoms with Crippen molar-refractivity contribution < 1.29 is 19.0 Å². The predicted octanol–water partition coefficient (Wildman–Crippen LogP) is 3.97. The third-order valence-corrected chi connectivity index (χ3v) is 5.74. The van der Waals surface area contributed by atoms with Crippen LogP contribution in [-0.4, -0.2) is 45.2 Å². The third kappa shape index (κ3) is 5.70. The number of fused-ring (bicyclic) bond motifs is 1. The quantitative estimate of drug-likeness (QED) is 0.657. The van der Waals surface area contributed by atoms with E-state index in [4.69, 9.17) is 14.2 Å². The van der Waals surface area contributed by atoms with Crippen molar-refractivity contribution in [3.8, 4) is 17.2 Å². The Morgan fingerprint density at radius 2 is 1.74 bits per heavy atom. The predicted molar refractivity (Wildman–Crippen MR) is 122 cm³/mol. The van der Waals surface area contributed by atoms with E-state index in [-0.39, 0.29) is 11.9 Å². The van der Waals surface area contributed by atoms with Crippen LogP contribution in [0.4, 0.5) is 0 Å². The van der Waals surface area contributed by atoms with Gasteiger partial charge in [0.1, 0.15) is 5.75 Å². The zero-order valence-corrected chi connectivity index (χ0v) is 19.2. The molecule has 168 valence electrons. The van der Waals surface area contributed by atoms with Gasteiger partial charge >= 0.3 is 0 Å². The number of hydrogen-bond donors (Lipinski definition) is 1. The first kappa shape index (κ1) is 22.9. The molecule has 1 aliphatic heterocycles. The summed E-state index contributed by atoms with van der Waals surface area (Å²) in [5.74, 6) is 2.73. The Labute approximate surface area is 185 Å². The Hall–Kier alpha value is -2.73. The maximum Gasteiger partial charge on any atom is 0.220 e. The van der Waals surface area contributed by atoms with Crippen LogP contribution < -0.4 is 19.5 Å². The van der Waals surface area contributed by atoms with Crippen molar-refractivity contribution in [3.05, 3.63) is 53.1 Å². The molecule has 0 aromatic heterocycles. The monoisotopic (exact) mass is 426 g/mol. The summed E-state index contributed by atoms with van der Waals surface area (Å²) in [6.07, 6.45) is 1.45. The molecule has 6 heteroatoms. The van der Waals surface area contributed by atoms with Crippen LogP contribution >= 0.6 is 0 Å². The summed E-state index contributed by atoms with van der Waals surface area (Å²) in [5.41, 5.74) is 3.64. The summed E-state index contributed by atoms with van der Waals surface area (Å²) in [6.45, 7) is 6.37. The van der Waals surface area contributed by atoms with Crippen LogP contribution in [0.3, 0.4) is 0 Å². The molecule has 2 aromatic rings. The molecule has 1 heterocycles. The number of nitrogens with zero attached hydrogens (tertiary/aromatic N) is 1. The van der Waals surface area contributed by atoms with Gasteiger partial charge in [0.25, 0.3) is 0 Å². The van der Waals surface area contributed by atoms with Crippen molar-refractivity contribution in [3.63, 3.8) is 0 Å². The largest absolute Gasteiger partial charge is 0.497 e. The van der Waals surface area contributed by atoms with Crippen LogP contribution in [0.15, 0.2) is 36.4 Å². The molecule has 0 saturated carbocycles. The van der Waals surface area contributed by atoms with Crippen molar-refractivity contribution >= 4 is 5.91 Å². The number of rotatable bonds is 9. The van der Waals surface area contributed by atoms with Gasteiger partial charge < -0.3 is 19.5 Å². The highest BCUT2D eigenvalue weighted by Gasteiger charge is 2.29. The van der Waals surface area contributed by atoms with Crippen molar-refractivity contribution in [2.24, 2.45) is 5.92 Å². The Bertz CT molecular complexity index is 880. The third-order valence-electron chi connectivity index (χ3n) is 5.74. The molecule has 0 unspecified atom stereocenters. The molecule has 0 radical (unpaired) electrons. The Morgan fingerprint density at radius 1 is 1.06 bits per heavy atom. The van der Waals surface area contributed by atoms with Crippen molar-refractivity contribution in [1.29, 1.82) is 0 Å². The molecule has 31 heavy (non-hydrogen) atoms. The number of ether oxygens (including phenoxy) is 3. The second-order valence-corrected chi connectivity index (χ2v) is 8.39. The van der Waals surface area contributed by atoms with Crippen LogP contribution in [0.1, 0.15) is 43.0 Å². The average molecular weight is 427 g/mol. The van der Waals surface area contributed by atoms with Crippen LogP contribution in [0.5, 0.6) is 17.2 Å². The molecule has 0 aliphatic carbocycles. The zero-order valence-electron chi connectivity index (χ0n) is 19.2. The Kier molecular flexibility index (Phi) is 7.80. The molecule has 0 saturated heterocycles. The standard InChI is InChI=1S/C25H34N2O4/c1-17(2)12-25(28)26-15-22-21-14-24(31-5)23(30-4)13-19(21)10-11-27(22)16-18-6-8-20(29-3)9-7-18/h6-9,13-14,17,22H,10-12,15-16H2,1-5H3,(H,26,28)/t22-/m0/s1. The molecule has 6 nitrogen and oxygen atoms in total. The van der Waals surface area contributed by atoms with Gasteiger partial charge in [0, 0.05) is 26.1 Å². The zero-order chi connectivity index (χ0) is 22.4. The van der Waals surface area contributed by atoms with Gasteiger partial charge in [-0.2, -0.15) is 0 Å². The molecule has 0 fully saturated rings. The van der Waals surface area contributed by atoms with E-state index in [2.05, 4.69) is 48.3 Å². The smallest absolute Gasteiger partial charge is 0.220 e. The van der Waals surface area contributed by atoms with Gasteiger partial charge in [-0.1, -0.05) is 26.0 Å². The van der Waals surface area contributed by atoms with Crippen LogP contribution in [0, 0.1) is 5.92 Å². The van der Waals surface area contributed by atoms with E-state index in [1.54, 1.807) is 21.3 Å². The van der Waals surface area contributed by atoms with Gasteiger partial charge in [-0.25, -0.2) is 0 Å². The highest BCUT2D eigenvalue weighted by Crippen LogP contribution is 2.38. The minimum atomic E-state index is 0.0572. The molecule has 1 amide bonds. The van der Waals surface area contributed by atoms with Gasteiger partial charge in [-0.15, -0.1) is 0 Å². The molecule has 1 N–H and O–H groups in total. The summed E-state index contributed by atoms with van der Waals surface area (Å²) in [6, 6.07) is 12.4. The van der Waals surface area contributed by atoms with E-state index in [1.807, 2.05) is 12.1 Å². The normalized spacial score (nSPS) is 16.0. The summed E-state index contributed by atoms with van der Waals surface area (Å²) < 4.78 is 16.4. The SMILES string of the molecule is COc1ccc(CN2CCc3cc(OC)c(OC)cc3[C@@H]2CNC(=O)CC(C)C)cc1. The van der Waals surface area contributed by atoms with E-state index in [1.165, 1.54) is 16.7 Å².